The maximum atomic E-state index is 12.5. The first kappa shape index (κ1) is 13.5. The van der Waals surface area contributed by atoms with Gasteiger partial charge in [-0.3, -0.25) is 4.79 Å². The number of amides is 1. The van der Waals surface area contributed by atoms with Crippen LogP contribution >= 0.6 is 11.3 Å². The number of thiazole rings is 1. The van der Waals surface area contributed by atoms with E-state index in [2.05, 4.69) is 34.6 Å². The Morgan fingerprint density at radius 1 is 1.14 bits per heavy atom. The molecule has 0 saturated heterocycles. The number of hydrogen-bond acceptors (Lipinski definition) is 3. The first-order valence-electron chi connectivity index (χ1n) is 7.42. The third kappa shape index (κ3) is 2.03. The van der Waals surface area contributed by atoms with Crippen molar-refractivity contribution in [3.05, 3.63) is 57.0 Å². The van der Waals surface area contributed by atoms with E-state index in [1.54, 1.807) is 0 Å². The van der Waals surface area contributed by atoms with Crippen molar-refractivity contribution in [2.75, 3.05) is 5.32 Å². The van der Waals surface area contributed by atoms with Gasteiger partial charge < -0.3 is 5.32 Å². The Kier molecular flexibility index (Phi) is 3.01. The molecule has 0 spiro atoms. The van der Waals surface area contributed by atoms with Crippen molar-refractivity contribution in [1.82, 2.24) is 4.98 Å². The fourth-order valence-corrected chi connectivity index (χ4v) is 4.09. The molecule has 0 bridgehead atoms. The standard InChI is InChI=1S/C18H16N2OS/c1-10-17(22-11(2)19-10)18(21)20-15-9-8-13-7-6-12-4-3-5-14(15)16(12)13/h3-5,8-9H,6-7H2,1-2H3,(H,20,21). The topological polar surface area (TPSA) is 42.0 Å². The van der Waals surface area contributed by atoms with E-state index in [-0.39, 0.29) is 5.91 Å². The van der Waals surface area contributed by atoms with E-state index in [0.717, 1.165) is 34.6 Å². The summed E-state index contributed by atoms with van der Waals surface area (Å²) in [5.74, 6) is -0.0678. The minimum atomic E-state index is -0.0678. The van der Waals surface area contributed by atoms with Crippen molar-refractivity contribution in [2.45, 2.75) is 26.7 Å². The minimum Gasteiger partial charge on any atom is -0.321 e. The predicted molar refractivity (Wildman–Crippen MR) is 90.9 cm³/mol. The molecule has 1 amide bonds. The molecular weight excluding hydrogens is 292 g/mol. The second-order valence-electron chi connectivity index (χ2n) is 5.71. The molecule has 110 valence electrons. The van der Waals surface area contributed by atoms with Gasteiger partial charge in [0.15, 0.2) is 0 Å². The number of aryl methyl sites for hydroxylation is 4. The van der Waals surface area contributed by atoms with Gasteiger partial charge in [-0.25, -0.2) is 4.98 Å². The van der Waals surface area contributed by atoms with E-state index in [1.807, 2.05) is 19.9 Å². The molecule has 4 rings (SSSR count). The van der Waals surface area contributed by atoms with Gasteiger partial charge in [0.2, 0.25) is 0 Å². The SMILES string of the molecule is Cc1nc(C)c(C(=O)Nc2ccc3c4c(cccc24)CC3)s1. The number of nitrogens with zero attached hydrogens (tertiary/aromatic N) is 1. The van der Waals surface area contributed by atoms with Crippen LogP contribution in [0.4, 0.5) is 5.69 Å². The Hall–Kier alpha value is -2.20. The smallest absolute Gasteiger partial charge is 0.267 e. The molecule has 2 aromatic carbocycles. The lowest BCUT2D eigenvalue weighted by Crippen LogP contribution is -2.12. The molecule has 4 heteroatoms. The number of rotatable bonds is 2. The van der Waals surface area contributed by atoms with Crippen molar-refractivity contribution >= 4 is 33.7 Å². The third-order valence-electron chi connectivity index (χ3n) is 4.23. The molecule has 1 aromatic heterocycles. The van der Waals surface area contributed by atoms with Crippen LogP contribution in [0.2, 0.25) is 0 Å². The minimum absolute atomic E-state index is 0.0678. The van der Waals surface area contributed by atoms with Gasteiger partial charge >= 0.3 is 0 Å². The molecule has 3 aromatic rings. The van der Waals surface area contributed by atoms with E-state index >= 15 is 0 Å². The van der Waals surface area contributed by atoms with Crippen molar-refractivity contribution in [2.24, 2.45) is 0 Å². The summed E-state index contributed by atoms with van der Waals surface area (Å²) in [4.78, 5) is 17.6. The maximum Gasteiger partial charge on any atom is 0.267 e. The number of anilines is 1. The molecule has 22 heavy (non-hydrogen) atoms. The second kappa shape index (κ2) is 4.92. The van der Waals surface area contributed by atoms with E-state index in [0.29, 0.717) is 4.88 Å². The third-order valence-corrected chi connectivity index (χ3v) is 5.31. The van der Waals surface area contributed by atoms with Crippen LogP contribution < -0.4 is 5.32 Å². The van der Waals surface area contributed by atoms with Crippen LogP contribution in [0, 0.1) is 13.8 Å². The van der Waals surface area contributed by atoms with Crippen molar-refractivity contribution < 1.29 is 4.79 Å². The fourth-order valence-electron chi connectivity index (χ4n) is 3.28. The lowest BCUT2D eigenvalue weighted by atomic mass is 10.0. The molecule has 1 heterocycles. The van der Waals surface area contributed by atoms with Gasteiger partial charge in [0.25, 0.3) is 5.91 Å². The van der Waals surface area contributed by atoms with Crippen LogP contribution in [0.25, 0.3) is 10.8 Å². The molecule has 3 nitrogen and oxygen atoms in total. The summed E-state index contributed by atoms with van der Waals surface area (Å²) < 4.78 is 0. The lowest BCUT2D eigenvalue weighted by molar-refractivity contribution is 0.103. The van der Waals surface area contributed by atoms with Gasteiger partial charge in [-0.2, -0.15) is 0 Å². The Morgan fingerprint density at radius 2 is 1.91 bits per heavy atom. The van der Waals surface area contributed by atoms with Gasteiger partial charge in [-0.05, 0) is 49.3 Å². The maximum absolute atomic E-state index is 12.5. The zero-order valence-corrected chi connectivity index (χ0v) is 13.4. The lowest BCUT2D eigenvalue weighted by Gasteiger charge is -2.10. The van der Waals surface area contributed by atoms with Crippen LogP contribution in [-0.4, -0.2) is 10.9 Å². The number of benzene rings is 2. The molecule has 0 fully saturated rings. The summed E-state index contributed by atoms with van der Waals surface area (Å²) >= 11 is 1.44. The predicted octanol–water partition coefficient (Wildman–Crippen LogP) is 4.26. The molecular formula is C18H16N2OS. The van der Waals surface area contributed by atoms with E-state index in [9.17, 15) is 4.79 Å². The van der Waals surface area contributed by atoms with Crippen LogP contribution in [0.1, 0.15) is 31.5 Å². The van der Waals surface area contributed by atoms with Gasteiger partial charge in [0.1, 0.15) is 4.88 Å². The number of nitrogens with one attached hydrogen (secondary N) is 1. The molecule has 0 saturated carbocycles. The first-order valence-corrected chi connectivity index (χ1v) is 8.24. The Bertz CT molecular complexity index is 901. The van der Waals surface area contributed by atoms with Gasteiger partial charge in [-0.15, -0.1) is 11.3 Å². The monoisotopic (exact) mass is 308 g/mol. The summed E-state index contributed by atoms with van der Waals surface area (Å²) in [5.41, 5.74) is 4.45. The number of carbonyl (C=O) groups excluding carboxylic acids is 1. The summed E-state index contributed by atoms with van der Waals surface area (Å²) in [6, 6.07) is 10.5. The van der Waals surface area contributed by atoms with Crippen LogP contribution in [0.3, 0.4) is 0 Å². The van der Waals surface area contributed by atoms with Gasteiger partial charge in [0.05, 0.1) is 10.7 Å². The van der Waals surface area contributed by atoms with Gasteiger partial charge in [0, 0.05) is 11.1 Å². The quantitative estimate of drug-likeness (QED) is 0.768. The van der Waals surface area contributed by atoms with Crippen LogP contribution in [-0.2, 0) is 12.8 Å². The Labute approximate surface area is 133 Å². The molecule has 0 aliphatic heterocycles. The zero-order chi connectivity index (χ0) is 15.3. The van der Waals surface area contributed by atoms with Gasteiger partial charge in [-0.1, -0.05) is 24.3 Å². The average molecular weight is 308 g/mol. The van der Waals surface area contributed by atoms with Crippen LogP contribution in [0.5, 0.6) is 0 Å². The summed E-state index contributed by atoms with van der Waals surface area (Å²) in [5, 5.41) is 6.44. The number of carbonyl (C=O) groups is 1. The summed E-state index contributed by atoms with van der Waals surface area (Å²) in [7, 11) is 0. The average Bonchev–Trinajstić information content (AvgIpc) is 3.06. The molecule has 1 N–H and O–H groups in total. The normalized spacial score (nSPS) is 12.8. The van der Waals surface area contributed by atoms with Crippen molar-refractivity contribution in [3.8, 4) is 0 Å². The molecule has 1 aliphatic rings. The number of hydrogen-bond donors (Lipinski definition) is 1. The van der Waals surface area contributed by atoms with E-state index in [1.165, 1.54) is 27.8 Å². The zero-order valence-electron chi connectivity index (χ0n) is 12.6. The van der Waals surface area contributed by atoms with E-state index in [4.69, 9.17) is 0 Å². The highest BCUT2D eigenvalue weighted by atomic mass is 32.1. The fraction of sp³-hybridized carbons (Fsp3) is 0.222. The second-order valence-corrected chi connectivity index (χ2v) is 6.92. The molecule has 0 atom stereocenters. The summed E-state index contributed by atoms with van der Waals surface area (Å²) in [6.45, 7) is 3.80. The first-order chi connectivity index (χ1) is 10.6. The Morgan fingerprint density at radius 3 is 2.64 bits per heavy atom. The Balaban J connectivity index is 1.77. The molecule has 1 aliphatic carbocycles. The highest BCUT2D eigenvalue weighted by molar-refractivity contribution is 7.13. The number of aromatic nitrogens is 1. The highest BCUT2D eigenvalue weighted by Gasteiger charge is 2.18. The van der Waals surface area contributed by atoms with E-state index < -0.39 is 0 Å². The summed E-state index contributed by atoms with van der Waals surface area (Å²) in [6.07, 6.45) is 2.19. The molecule has 0 radical (unpaired) electrons. The highest BCUT2D eigenvalue weighted by Crippen LogP contribution is 2.35. The van der Waals surface area contributed by atoms with Crippen LogP contribution in [0.15, 0.2) is 30.3 Å². The largest absolute Gasteiger partial charge is 0.321 e. The van der Waals surface area contributed by atoms with Crippen molar-refractivity contribution in [3.63, 3.8) is 0 Å². The van der Waals surface area contributed by atoms with Crippen molar-refractivity contribution in [1.29, 1.82) is 0 Å². The molecule has 0 unspecified atom stereocenters.